The van der Waals surface area contributed by atoms with Crippen molar-refractivity contribution in [2.45, 2.75) is 40.3 Å². The average Bonchev–Trinajstić information content (AvgIpc) is 3.49. The van der Waals surface area contributed by atoms with Crippen molar-refractivity contribution < 1.29 is 14.3 Å². The Morgan fingerprint density at radius 1 is 1.17 bits per heavy atom. The van der Waals surface area contributed by atoms with Crippen LogP contribution in [0.15, 0.2) is 48.8 Å². The number of fused-ring (bicyclic) bond motifs is 1. The van der Waals surface area contributed by atoms with Crippen LogP contribution in [0, 0.1) is 5.41 Å². The SMILES string of the molecule is COc1cccc(CNC(=O)c2ccc(-c3cnc4[nH]cc(C(=O)NC(C)C(C)(C)C)c4n3)s2)c1. The van der Waals surface area contributed by atoms with Gasteiger partial charge < -0.3 is 20.4 Å². The number of hydrogen-bond donors (Lipinski definition) is 3. The van der Waals surface area contributed by atoms with E-state index >= 15 is 0 Å². The molecule has 0 saturated heterocycles. The van der Waals surface area contributed by atoms with Crippen LogP contribution in [-0.2, 0) is 6.54 Å². The summed E-state index contributed by atoms with van der Waals surface area (Å²) in [6.45, 7) is 8.60. The number of aromatic amines is 1. The molecule has 0 radical (unpaired) electrons. The molecule has 182 valence electrons. The van der Waals surface area contributed by atoms with E-state index in [2.05, 4.69) is 41.4 Å². The van der Waals surface area contributed by atoms with Gasteiger partial charge in [-0.2, -0.15) is 0 Å². The van der Waals surface area contributed by atoms with E-state index in [0.29, 0.717) is 33.8 Å². The monoisotopic (exact) mass is 491 g/mol. The molecule has 0 aliphatic heterocycles. The fraction of sp³-hybridized carbons (Fsp3) is 0.308. The lowest BCUT2D eigenvalue weighted by molar-refractivity contribution is 0.0910. The number of rotatable bonds is 7. The van der Waals surface area contributed by atoms with Gasteiger partial charge in [0, 0.05) is 18.8 Å². The van der Waals surface area contributed by atoms with Gasteiger partial charge in [0.25, 0.3) is 11.8 Å². The Labute approximate surface area is 208 Å². The number of carbonyl (C=O) groups excluding carboxylic acids is 2. The van der Waals surface area contributed by atoms with Crippen molar-refractivity contribution >= 4 is 34.3 Å². The third-order valence-electron chi connectivity index (χ3n) is 5.94. The summed E-state index contributed by atoms with van der Waals surface area (Å²) >= 11 is 1.33. The minimum atomic E-state index is -0.200. The zero-order valence-corrected chi connectivity index (χ0v) is 21.2. The van der Waals surface area contributed by atoms with Crippen LogP contribution >= 0.6 is 11.3 Å². The summed E-state index contributed by atoms with van der Waals surface area (Å²) in [5.41, 5.74) is 2.96. The number of H-pyrrole nitrogens is 1. The lowest BCUT2D eigenvalue weighted by Gasteiger charge is -2.27. The zero-order valence-electron chi connectivity index (χ0n) is 20.4. The van der Waals surface area contributed by atoms with E-state index in [-0.39, 0.29) is 23.3 Å². The maximum atomic E-state index is 12.9. The number of benzene rings is 1. The van der Waals surface area contributed by atoms with Crippen molar-refractivity contribution in [1.29, 1.82) is 0 Å². The first-order valence-electron chi connectivity index (χ1n) is 11.3. The molecule has 0 aliphatic rings. The molecule has 0 spiro atoms. The van der Waals surface area contributed by atoms with Crippen LogP contribution in [0.2, 0.25) is 0 Å². The molecule has 8 nitrogen and oxygen atoms in total. The topological polar surface area (TPSA) is 109 Å². The van der Waals surface area contributed by atoms with Crippen LogP contribution in [0.3, 0.4) is 0 Å². The van der Waals surface area contributed by atoms with Gasteiger partial charge in [-0.1, -0.05) is 32.9 Å². The van der Waals surface area contributed by atoms with E-state index in [1.165, 1.54) is 11.3 Å². The minimum Gasteiger partial charge on any atom is -0.497 e. The fourth-order valence-corrected chi connectivity index (χ4v) is 4.20. The van der Waals surface area contributed by atoms with Gasteiger partial charge in [0.1, 0.15) is 11.3 Å². The number of carbonyl (C=O) groups is 2. The van der Waals surface area contributed by atoms with Gasteiger partial charge in [-0.05, 0) is 42.2 Å². The first-order valence-corrected chi connectivity index (χ1v) is 12.1. The molecule has 3 N–H and O–H groups in total. The summed E-state index contributed by atoms with van der Waals surface area (Å²) in [5.74, 6) is 0.375. The number of amides is 2. The Kier molecular flexibility index (Phi) is 6.88. The molecule has 4 aromatic rings. The van der Waals surface area contributed by atoms with Crippen molar-refractivity contribution in [3.63, 3.8) is 0 Å². The predicted molar refractivity (Wildman–Crippen MR) is 138 cm³/mol. The first-order chi connectivity index (χ1) is 16.7. The molecular weight excluding hydrogens is 462 g/mol. The van der Waals surface area contributed by atoms with Gasteiger partial charge in [0.05, 0.1) is 34.3 Å². The second kappa shape index (κ2) is 9.87. The van der Waals surface area contributed by atoms with Gasteiger partial charge in [0.2, 0.25) is 0 Å². The molecule has 2 amide bonds. The van der Waals surface area contributed by atoms with Crippen LogP contribution in [0.5, 0.6) is 5.75 Å². The smallest absolute Gasteiger partial charge is 0.261 e. The normalized spacial score (nSPS) is 12.4. The molecule has 1 atom stereocenters. The standard InChI is InChI=1S/C26H29N5O3S/c1-15(26(2,3)4)30-24(32)18-13-27-23-22(18)31-19(14-28-23)20-9-10-21(35-20)25(33)29-12-16-7-6-8-17(11-16)34-5/h6-11,13-15H,12H2,1-5H3,(H,27,28)(H,29,33)(H,30,32). The molecule has 0 fully saturated rings. The van der Waals surface area contributed by atoms with E-state index in [1.807, 2.05) is 37.3 Å². The number of thiophene rings is 1. The highest BCUT2D eigenvalue weighted by atomic mass is 32.1. The quantitative estimate of drug-likeness (QED) is 0.344. The fourth-order valence-electron chi connectivity index (χ4n) is 3.32. The van der Waals surface area contributed by atoms with Crippen molar-refractivity contribution in [2.24, 2.45) is 5.41 Å². The highest BCUT2D eigenvalue weighted by molar-refractivity contribution is 7.17. The van der Waals surface area contributed by atoms with Gasteiger partial charge >= 0.3 is 0 Å². The Morgan fingerprint density at radius 2 is 1.97 bits per heavy atom. The Bertz CT molecular complexity index is 1370. The average molecular weight is 492 g/mol. The van der Waals surface area contributed by atoms with Gasteiger partial charge in [-0.3, -0.25) is 9.59 Å². The summed E-state index contributed by atoms with van der Waals surface area (Å²) < 4.78 is 5.23. The van der Waals surface area contributed by atoms with Crippen LogP contribution in [0.25, 0.3) is 21.7 Å². The molecule has 1 unspecified atom stereocenters. The number of aromatic nitrogens is 3. The molecule has 4 rings (SSSR count). The second-order valence-electron chi connectivity index (χ2n) is 9.41. The summed E-state index contributed by atoms with van der Waals surface area (Å²) in [7, 11) is 1.61. The highest BCUT2D eigenvalue weighted by Gasteiger charge is 2.24. The van der Waals surface area contributed by atoms with Crippen molar-refractivity contribution in [3.05, 3.63) is 64.8 Å². The predicted octanol–water partition coefficient (Wildman–Crippen LogP) is 4.79. The summed E-state index contributed by atoms with van der Waals surface area (Å²) in [4.78, 5) is 39.1. The Hall–Kier alpha value is -3.72. The molecule has 9 heteroatoms. The van der Waals surface area contributed by atoms with E-state index in [1.54, 1.807) is 25.6 Å². The van der Waals surface area contributed by atoms with Crippen LogP contribution in [0.4, 0.5) is 0 Å². The minimum absolute atomic E-state index is 0.0218. The molecular formula is C26H29N5O3S. The van der Waals surface area contributed by atoms with E-state index < -0.39 is 0 Å². The summed E-state index contributed by atoms with van der Waals surface area (Å²) in [5, 5.41) is 5.98. The number of nitrogens with zero attached hydrogens (tertiary/aromatic N) is 2. The van der Waals surface area contributed by atoms with Crippen LogP contribution in [0.1, 0.15) is 53.3 Å². The molecule has 0 bridgehead atoms. The molecule has 35 heavy (non-hydrogen) atoms. The summed E-state index contributed by atoms with van der Waals surface area (Å²) in [6.07, 6.45) is 3.27. The third-order valence-corrected chi connectivity index (χ3v) is 7.05. The van der Waals surface area contributed by atoms with E-state index in [4.69, 9.17) is 9.72 Å². The van der Waals surface area contributed by atoms with Crippen molar-refractivity contribution in [1.82, 2.24) is 25.6 Å². The molecule has 3 heterocycles. The van der Waals surface area contributed by atoms with E-state index in [0.717, 1.165) is 16.2 Å². The molecule has 0 aliphatic carbocycles. The number of methoxy groups -OCH3 is 1. The van der Waals surface area contributed by atoms with Gasteiger partial charge in [-0.25, -0.2) is 9.97 Å². The maximum Gasteiger partial charge on any atom is 0.261 e. The van der Waals surface area contributed by atoms with Gasteiger partial charge in [0.15, 0.2) is 5.65 Å². The first kappa shape index (κ1) is 24.4. The second-order valence-corrected chi connectivity index (χ2v) is 10.5. The maximum absolute atomic E-state index is 12.9. The third kappa shape index (κ3) is 5.51. The van der Waals surface area contributed by atoms with E-state index in [9.17, 15) is 9.59 Å². The van der Waals surface area contributed by atoms with Crippen LogP contribution in [-0.4, -0.2) is 39.9 Å². The number of nitrogens with one attached hydrogen (secondary N) is 3. The van der Waals surface area contributed by atoms with Crippen molar-refractivity contribution in [3.8, 4) is 16.3 Å². The Balaban J connectivity index is 1.50. The summed E-state index contributed by atoms with van der Waals surface area (Å²) in [6, 6.07) is 11.2. The molecule has 1 aromatic carbocycles. The zero-order chi connectivity index (χ0) is 25.2. The highest BCUT2D eigenvalue weighted by Crippen LogP contribution is 2.28. The molecule has 0 saturated carbocycles. The van der Waals surface area contributed by atoms with Crippen LogP contribution < -0.4 is 15.4 Å². The number of hydrogen-bond acceptors (Lipinski definition) is 6. The van der Waals surface area contributed by atoms with Crippen molar-refractivity contribution in [2.75, 3.05) is 7.11 Å². The number of ether oxygens (including phenoxy) is 1. The largest absolute Gasteiger partial charge is 0.497 e. The Morgan fingerprint density at radius 3 is 2.71 bits per heavy atom. The lowest BCUT2D eigenvalue weighted by atomic mass is 9.88. The lowest BCUT2D eigenvalue weighted by Crippen LogP contribution is -2.41. The molecule has 3 aromatic heterocycles. The van der Waals surface area contributed by atoms with Gasteiger partial charge in [-0.15, -0.1) is 11.3 Å².